The lowest BCUT2D eigenvalue weighted by Gasteiger charge is -2.17. The molecular weight excluding hydrogens is 448 g/mol. The number of alkyl carbamates (subject to hydrolysis) is 1. The number of hydrogen-bond donors (Lipinski definition) is 3. The van der Waals surface area contributed by atoms with Crippen molar-refractivity contribution in [1.82, 2.24) is 5.32 Å². The Labute approximate surface area is 202 Å². The van der Waals surface area contributed by atoms with Gasteiger partial charge in [0.2, 0.25) is 5.91 Å². The number of benzene rings is 3. The molecule has 1 atom stereocenters. The minimum atomic E-state index is -1.07. The Balaban J connectivity index is 1.25. The summed E-state index contributed by atoms with van der Waals surface area (Å²) in [6.07, 6.45) is -0.520. The van der Waals surface area contributed by atoms with Crippen LogP contribution in [0.5, 0.6) is 5.75 Å². The Morgan fingerprint density at radius 2 is 1.51 bits per heavy atom. The van der Waals surface area contributed by atoms with E-state index in [1.807, 2.05) is 24.3 Å². The smallest absolute Gasteiger partial charge is 0.407 e. The number of fused-ring (bicyclic) bond motifs is 3. The van der Waals surface area contributed by atoms with Crippen LogP contribution in [0.15, 0.2) is 72.8 Å². The standard InChI is InChI=1S/C27H26N2O6/c1-17(14-25(30)29-18-10-12-19(13-11-18)34-16-26(31)32)28-27(33)35-15-24-22-8-4-2-6-20(22)21-7-3-5-9-23(21)24/h2-13,17,24H,14-16H2,1H3,(H,28,33)(H,29,30)(H,31,32)/t17-/m0/s1. The molecule has 0 saturated carbocycles. The maximum atomic E-state index is 12.4. The van der Waals surface area contributed by atoms with Gasteiger partial charge in [-0.15, -0.1) is 0 Å². The lowest BCUT2D eigenvalue weighted by Crippen LogP contribution is -2.36. The van der Waals surface area contributed by atoms with E-state index < -0.39 is 24.7 Å². The zero-order valence-electron chi connectivity index (χ0n) is 19.2. The summed E-state index contributed by atoms with van der Waals surface area (Å²) < 4.78 is 10.6. The highest BCUT2D eigenvalue weighted by Crippen LogP contribution is 2.44. The maximum Gasteiger partial charge on any atom is 0.407 e. The second-order valence-electron chi connectivity index (χ2n) is 8.33. The predicted octanol–water partition coefficient (Wildman–Crippen LogP) is 4.41. The Morgan fingerprint density at radius 1 is 0.914 bits per heavy atom. The summed E-state index contributed by atoms with van der Waals surface area (Å²) in [5, 5.41) is 14.1. The zero-order valence-corrected chi connectivity index (χ0v) is 19.2. The molecule has 0 fully saturated rings. The van der Waals surface area contributed by atoms with Gasteiger partial charge in [-0.05, 0) is 53.4 Å². The number of carbonyl (C=O) groups excluding carboxylic acids is 2. The quantitative estimate of drug-likeness (QED) is 0.423. The summed E-state index contributed by atoms with van der Waals surface area (Å²) >= 11 is 0. The first-order chi connectivity index (χ1) is 16.9. The Hall–Kier alpha value is -4.33. The summed E-state index contributed by atoms with van der Waals surface area (Å²) in [6.45, 7) is 1.49. The van der Waals surface area contributed by atoms with Gasteiger partial charge < -0.3 is 25.2 Å². The number of ether oxygens (including phenoxy) is 2. The Kier molecular flexibility index (Phi) is 7.30. The van der Waals surface area contributed by atoms with Crippen molar-refractivity contribution in [2.24, 2.45) is 0 Å². The number of amides is 2. The average molecular weight is 475 g/mol. The van der Waals surface area contributed by atoms with Gasteiger partial charge in [-0.2, -0.15) is 0 Å². The monoisotopic (exact) mass is 474 g/mol. The normalized spacial score (nSPS) is 12.7. The summed E-state index contributed by atoms with van der Waals surface area (Å²) in [4.78, 5) is 35.3. The van der Waals surface area contributed by atoms with Gasteiger partial charge in [0, 0.05) is 24.1 Å². The third kappa shape index (κ3) is 5.97. The lowest BCUT2D eigenvalue weighted by molar-refractivity contribution is -0.139. The highest BCUT2D eigenvalue weighted by atomic mass is 16.5. The third-order valence-corrected chi connectivity index (χ3v) is 5.70. The Morgan fingerprint density at radius 3 is 2.11 bits per heavy atom. The SMILES string of the molecule is C[C@@H](CC(=O)Nc1ccc(OCC(=O)O)cc1)NC(=O)OCC1c2ccccc2-c2ccccc21. The first kappa shape index (κ1) is 23.8. The number of carboxylic acid groups (broad SMARTS) is 1. The van der Waals surface area contributed by atoms with Gasteiger partial charge in [0.25, 0.3) is 0 Å². The van der Waals surface area contributed by atoms with Gasteiger partial charge in [-0.3, -0.25) is 4.79 Å². The van der Waals surface area contributed by atoms with Crippen LogP contribution in [0.4, 0.5) is 10.5 Å². The van der Waals surface area contributed by atoms with Crippen LogP contribution in [0, 0.1) is 0 Å². The van der Waals surface area contributed by atoms with E-state index >= 15 is 0 Å². The molecule has 180 valence electrons. The topological polar surface area (TPSA) is 114 Å². The highest BCUT2D eigenvalue weighted by Gasteiger charge is 2.29. The van der Waals surface area contributed by atoms with Crippen LogP contribution in [0.3, 0.4) is 0 Å². The van der Waals surface area contributed by atoms with Gasteiger partial charge in [-0.25, -0.2) is 9.59 Å². The molecular formula is C27H26N2O6. The fraction of sp³-hybridized carbons (Fsp3) is 0.222. The molecule has 1 aliphatic carbocycles. The maximum absolute atomic E-state index is 12.4. The number of aliphatic carboxylic acids is 1. The molecule has 0 heterocycles. The van der Waals surface area contributed by atoms with Crippen LogP contribution in [0.25, 0.3) is 11.1 Å². The van der Waals surface area contributed by atoms with E-state index in [0.717, 1.165) is 22.3 Å². The largest absolute Gasteiger partial charge is 0.482 e. The van der Waals surface area contributed by atoms with E-state index in [1.165, 1.54) is 0 Å². The van der Waals surface area contributed by atoms with Crippen molar-refractivity contribution in [2.45, 2.75) is 25.3 Å². The van der Waals surface area contributed by atoms with Crippen LogP contribution in [-0.2, 0) is 14.3 Å². The zero-order chi connectivity index (χ0) is 24.8. The molecule has 0 aliphatic heterocycles. The first-order valence-corrected chi connectivity index (χ1v) is 11.3. The van der Waals surface area contributed by atoms with E-state index in [4.69, 9.17) is 14.6 Å². The van der Waals surface area contributed by atoms with E-state index in [0.29, 0.717) is 11.4 Å². The molecule has 4 rings (SSSR count). The van der Waals surface area contributed by atoms with Crippen molar-refractivity contribution in [1.29, 1.82) is 0 Å². The molecule has 0 unspecified atom stereocenters. The van der Waals surface area contributed by atoms with E-state index in [1.54, 1.807) is 31.2 Å². The molecule has 2 amide bonds. The Bertz CT molecular complexity index is 1180. The van der Waals surface area contributed by atoms with Crippen molar-refractivity contribution in [2.75, 3.05) is 18.5 Å². The van der Waals surface area contributed by atoms with Crippen LogP contribution in [-0.4, -0.2) is 42.3 Å². The molecule has 0 spiro atoms. The fourth-order valence-electron chi connectivity index (χ4n) is 4.16. The lowest BCUT2D eigenvalue weighted by atomic mass is 9.98. The number of carboxylic acids is 1. The van der Waals surface area contributed by atoms with Gasteiger partial charge >= 0.3 is 12.1 Å². The van der Waals surface area contributed by atoms with Crippen molar-refractivity contribution in [3.63, 3.8) is 0 Å². The summed E-state index contributed by atoms with van der Waals surface area (Å²) in [5.41, 5.74) is 5.11. The molecule has 1 aliphatic rings. The molecule has 3 aromatic carbocycles. The van der Waals surface area contributed by atoms with Gasteiger partial charge in [-0.1, -0.05) is 48.5 Å². The van der Waals surface area contributed by atoms with Gasteiger partial charge in [0.05, 0.1) is 0 Å². The number of rotatable bonds is 9. The minimum Gasteiger partial charge on any atom is -0.482 e. The summed E-state index contributed by atoms with van der Waals surface area (Å²) in [5.74, 6) is -0.999. The number of hydrogen-bond acceptors (Lipinski definition) is 5. The molecule has 3 N–H and O–H groups in total. The molecule has 0 aromatic heterocycles. The number of carbonyl (C=O) groups is 3. The van der Waals surface area contributed by atoms with Crippen molar-refractivity contribution >= 4 is 23.7 Å². The van der Waals surface area contributed by atoms with Crippen LogP contribution in [0.1, 0.15) is 30.4 Å². The number of anilines is 1. The molecule has 3 aromatic rings. The first-order valence-electron chi connectivity index (χ1n) is 11.3. The second-order valence-corrected chi connectivity index (χ2v) is 8.33. The van der Waals surface area contributed by atoms with Crippen LogP contribution in [0.2, 0.25) is 0 Å². The second kappa shape index (κ2) is 10.7. The molecule has 0 bridgehead atoms. The summed E-state index contributed by atoms with van der Waals surface area (Å²) in [6, 6.07) is 22.1. The van der Waals surface area contributed by atoms with Gasteiger partial charge in [0.1, 0.15) is 12.4 Å². The van der Waals surface area contributed by atoms with Crippen LogP contribution >= 0.6 is 0 Å². The van der Waals surface area contributed by atoms with Crippen molar-refractivity contribution in [3.8, 4) is 16.9 Å². The van der Waals surface area contributed by atoms with Gasteiger partial charge in [0.15, 0.2) is 6.61 Å². The molecule has 8 heteroatoms. The summed E-state index contributed by atoms with van der Waals surface area (Å²) in [7, 11) is 0. The van der Waals surface area contributed by atoms with Crippen molar-refractivity contribution < 1.29 is 29.0 Å². The third-order valence-electron chi connectivity index (χ3n) is 5.70. The van der Waals surface area contributed by atoms with E-state index in [2.05, 4.69) is 34.9 Å². The van der Waals surface area contributed by atoms with E-state index in [9.17, 15) is 14.4 Å². The molecule has 8 nitrogen and oxygen atoms in total. The highest BCUT2D eigenvalue weighted by molar-refractivity contribution is 5.91. The number of nitrogens with one attached hydrogen (secondary N) is 2. The fourth-order valence-corrected chi connectivity index (χ4v) is 4.16. The average Bonchev–Trinajstić information content (AvgIpc) is 3.16. The predicted molar refractivity (Wildman–Crippen MR) is 130 cm³/mol. The van der Waals surface area contributed by atoms with Crippen molar-refractivity contribution in [3.05, 3.63) is 83.9 Å². The molecule has 0 saturated heterocycles. The van der Waals surface area contributed by atoms with E-state index in [-0.39, 0.29) is 24.9 Å². The molecule has 0 radical (unpaired) electrons. The molecule has 35 heavy (non-hydrogen) atoms. The minimum absolute atomic E-state index is 0.0331. The van der Waals surface area contributed by atoms with Crippen LogP contribution < -0.4 is 15.4 Å².